The van der Waals surface area contributed by atoms with Crippen molar-refractivity contribution in [2.75, 3.05) is 18.5 Å². The van der Waals surface area contributed by atoms with Gasteiger partial charge in [-0.05, 0) is 30.9 Å². The molecule has 5 nitrogen and oxygen atoms in total. The van der Waals surface area contributed by atoms with Gasteiger partial charge in [0.1, 0.15) is 11.4 Å². The number of carbonyl (C=O) groups is 1. The molecule has 0 aliphatic carbocycles. The number of halogens is 1. The van der Waals surface area contributed by atoms with Crippen molar-refractivity contribution in [1.29, 1.82) is 0 Å². The summed E-state index contributed by atoms with van der Waals surface area (Å²) in [6.07, 6.45) is 2.36. The first kappa shape index (κ1) is 14.7. The smallest absolute Gasteiger partial charge is 0.343 e. The number of nitrogens with one attached hydrogen (secondary N) is 1. The topological polar surface area (TPSA) is 64.1 Å². The second-order valence-corrected chi connectivity index (χ2v) is 4.57. The molecule has 0 fully saturated rings. The molecule has 100 valence electrons. The van der Waals surface area contributed by atoms with Crippen LogP contribution in [-0.4, -0.2) is 29.1 Å². The zero-order valence-electron chi connectivity index (χ0n) is 10.9. The minimum Gasteiger partial charge on any atom is -0.462 e. The Balaban J connectivity index is 2.79. The van der Waals surface area contributed by atoms with E-state index in [1.807, 2.05) is 0 Å². The minimum absolute atomic E-state index is 0.107. The van der Waals surface area contributed by atoms with E-state index in [-0.39, 0.29) is 5.28 Å². The summed E-state index contributed by atoms with van der Waals surface area (Å²) in [7, 11) is 0. The number of rotatable bonds is 6. The quantitative estimate of drug-likeness (QED) is 0.637. The van der Waals surface area contributed by atoms with Crippen LogP contribution in [-0.2, 0) is 4.74 Å². The molecule has 0 unspecified atom stereocenters. The molecule has 0 radical (unpaired) electrons. The van der Waals surface area contributed by atoms with Gasteiger partial charge in [0, 0.05) is 12.7 Å². The van der Waals surface area contributed by atoms with E-state index in [0.29, 0.717) is 23.9 Å². The zero-order valence-corrected chi connectivity index (χ0v) is 11.6. The van der Waals surface area contributed by atoms with E-state index < -0.39 is 5.97 Å². The number of aromatic nitrogens is 2. The molecule has 1 aromatic heterocycles. The van der Waals surface area contributed by atoms with E-state index in [1.165, 1.54) is 6.20 Å². The summed E-state index contributed by atoms with van der Waals surface area (Å²) in [5.41, 5.74) is 0.310. The van der Waals surface area contributed by atoms with E-state index in [0.717, 1.165) is 13.0 Å². The van der Waals surface area contributed by atoms with Crippen molar-refractivity contribution in [3.63, 3.8) is 0 Å². The Kier molecular flexibility index (Phi) is 5.85. The van der Waals surface area contributed by atoms with Crippen molar-refractivity contribution in [1.82, 2.24) is 9.97 Å². The number of nitrogens with zero attached hydrogens (tertiary/aromatic N) is 2. The Bertz CT molecular complexity index is 410. The highest BCUT2D eigenvalue weighted by Crippen LogP contribution is 2.15. The van der Waals surface area contributed by atoms with Crippen molar-refractivity contribution < 1.29 is 9.53 Å². The van der Waals surface area contributed by atoms with Gasteiger partial charge in [-0.1, -0.05) is 13.8 Å². The van der Waals surface area contributed by atoms with E-state index in [1.54, 1.807) is 6.92 Å². The van der Waals surface area contributed by atoms with Crippen LogP contribution in [0.5, 0.6) is 0 Å². The Morgan fingerprint density at radius 2 is 2.28 bits per heavy atom. The third kappa shape index (κ3) is 4.49. The molecular formula is C12H18ClN3O2. The highest BCUT2D eigenvalue weighted by atomic mass is 35.5. The fourth-order valence-electron chi connectivity index (χ4n) is 1.33. The van der Waals surface area contributed by atoms with Crippen molar-refractivity contribution >= 4 is 23.4 Å². The summed E-state index contributed by atoms with van der Waals surface area (Å²) < 4.78 is 4.93. The lowest BCUT2D eigenvalue weighted by Gasteiger charge is -2.11. The van der Waals surface area contributed by atoms with Gasteiger partial charge >= 0.3 is 5.97 Å². The third-order valence-electron chi connectivity index (χ3n) is 2.27. The number of ether oxygens (including phenoxy) is 1. The van der Waals surface area contributed by atoms with Gasteiger partial charge in [-0.15, -0.1) is 0 Å². The first-order valence-electron chi connectivity index (χ1n) is 5.98. The van der Waals surface area contributed by atoms with Gasteiger partial charge in [0.05, 0.1) is 6.61 Å². The molecule has 0 amide bonds. The molecule has 0 aromatic carbocycles. The number of esters is 1. The van der Waals surface area contributed by atoms with Crippen molar-refractivity contribution in [2.45, 2.75) is 27.2 Å². The third-order valence-corrected chi connectivity index (χ3v) is 2.45. The molecule has 0 saturated carbocycles. The normalized spacial score (nSPS) is 10.5. The van der Waals surface area contributed by atoms with Gasteiger partial charge in [0.25, 0.3) is 0 Å². The maximum atomic E-state index is 11.7. The van der Waals surface area contributed by atoms with Crippen molar-refractivity contribution in [3.8, 4) is 0 Å². The Labute approximate surface area is 112 Å². The lowest BCUT2D eigenvalue weighted by Crippen LogP contribution is -2.14. The summed E-state index contributed by atoms with van der Waals surface area (Å²) in [5, 5.41) is 3.19. The molecule has 0 saturated heterocycles. The lowest BCUT2D eigenvalue weighted by atomic mass is 10.1. The molecule has 18 heavy (non-hydrogen) atoms. The Morgan fingerprint density at radius 1 is 1.56 bits per heavy atom. The highest BCUT2D eigenvalue weighted by molar-refractivity contribution is 6.28. The van der Waals surface area contributed by atoms with Crippen LogP contribution in [0.25, 0.3) is 0 Å². The summed E-state index contributed by atoms with van der Waals surface area (Å²) >= 11 is 5.73. The molecule has 0 aliphatic heterocycles. The SMILES string of the molecule is CCOC(=O)c1cnc(Cl)nc1NCCC(C)C. The van der Waals surface area contributed by atoms with E-state index in [4.69, 9.17) is 16.3 Å². The summed E-state index contributed by atoms with van der Waals surface area (Å²) in [6.45, 7) is 7.03. The Morgan fingerprint density at radius 3 is 2.89 bits per heavy atom. The predicted octanol–water partition coefficient (Wildman–Crippen LogP) is 2.76. The van der Waals surface area contributed by atoms with Gasteiger partial charge in [0.15, 0.2) is 0 Å². The monoisotopic (exact) mass is 271 g/mol. The van der Waals surface area contributed by atoms with Crippen molar-refractivity contribution in [3.05, 3.63) is 17.0 Å². The first-order chi connectivity index (χ1) is 8.54. The second kappa shape index (κ2) is 7.16. The maximum Gasteiger partial charge on any atom is 0.343 e. The number of anilines is 1. The zero-order chi connectivity index (χ0) is 13.5. The molecule has 1 heterocycles. The standard InChI is InChI=1S/C12H18ClN3O2/c1-4-18-11(17)9-7-15-12(13)16-10(9)14-6-5-8(2)3/h7-8H,4-6H2,1-3H3,(H,14,15,16). The van der Waals surface area contributed by atoms with E-state index in [2.05, 4.69) is 29.1 Å². The van der Waals surface area contributed by atoms with Crippen LogP contribution in [0.1, 0.15) is 37.6 Å². The maximum absolute atomic E-state index is 11.7. The van der Waals surface area contributed by atoms with Gasteiger partial charge in [-0.2, -0.15) is 4.98 Å². The van der Waals surface area contributed by atoms with Crippen LogP contribution in [0.15, 0.2) is 6.20 Å². The lowest BCUT2D eigenvalue weighted by molar-refractivity contribution is 0.0526. The number of hydrogen-bond acceptors (Lipinski definition) is 5. The van der Waals surface area contributed by atoms with Crippen LogP contribution < -0.4 is 5.32 Å². The van der Waals surface area contributed by atoms with Gasteiger partial charge in [-0.25, -0.2) is 9.78 Å². The molecule has 1 aromatic rings. The van der Waals surface area contributed by atoms with Crippen LogP contribution >= 0.6 is 11.6 Å². The Hall–Kier alpha value is -1.36. The summed E-state index contributed by atoms with van der Waals surface area (Å²) in [6, 6.07) is 0. The molecule has 1 rings (SSSR count). The van der Waals surface area contributed by atoms with Crippen molar-refractivity contribution in [2.24, 2.45) is 5.92 Å². The molecule has 0 atom stereocenters. The van der Waals surface area contributed by atoms with Crippen LogP contribution in [0, 0.1) is 5.92 Å². The largest absolute Gasteiger partial charge is 0.462 e. The molecule has 0 aliphatic rings. The van der Waals surface area contributed by atoms with Crippen LogP contribution in [0.2, 0.25) is 5.28 Å². The molecule has 1 N–H and O–H groups in total. The molecule has 0 spiro atoms. The van der Waals surface area contributed by atoms with E-state index in [9.17, 15) is 4.79 Å². The molecular weight excluding hydrogens is 254 g/mol. The highest BCUT2D eigenvalue weighted by Gasteiger charge is 2.15. The fraction of sp³-hybridized carbons (Fsp3) is 0.583. The predicted molar refractivity (Wildman–Crippen MR) is 70.9 cm³/mol. The van der Waals surface area contributed by atoms with Crippen LogP contribution in [0.3, 0.4) is 0 Å². The van der Waals surface area contributed by atoms with Gasteiger partial charge in [-0.3, -0.25) is 0 Å². The fourth-order valence-corrected chi connectivity index (χ4v) is 1.47. The molecule has 6 heteroatoms. The summed E-state index contributed by atoms with van der Waals surface area (Å²) in [5.74, 6) is 0.552. The minimum atomic E-state index is -0.443. The first-order valence-corrected chi connectivity index (χ1v) is 6.36. The van der Waals surface area contributed by atoms with E-state index >= 15 is 0 Å². The number of hydrogen-bond donors (Lipinski definition) is 1. The number of carbonyl (C=O) groups excluding carboxylic acids is 1. The van der Waals surface area contributed by atoms with Gasteiger partial charge < -0.3 is 10.1 Å². The average molecular weight is 272 g/mol. The second-order valence-electron chi connectivity index (χ2n) is 4.23. The summed E-state index contributed by atoms with van der Waals surface area (Å²) in [4.78, 5) is 19.5. The molecule has 0 bridgehead atoms. The van der Waals surface area contributed by atoms with Gasteiger partial charge in [0.2, 0.25) is 5.28 Å². The van der Waals surface area contributed by atoms with Crippen LogP contribution in [0.4, 0.5) is 5.82 Å². The average Bonchev–Trinajstić information content (AvgIpc) is 2.29.